The Balaban J connectivity index is 2.34. The van der Waals surface area contributed by atoms with Crippen LogP contribution >= 0.6 is 11.6 Å². The summed E-state index contributed by atoms with van der Waals surface area (Å²) >= 11 is 6.16. The number of benzene rings is 1. The lowest BCUT2D eigenvalue weighted by Crippen LogP contribution is -1.96. The predicted octanol–water partition coefficient (Wildman–Crippen LogP) is 3.91. The summed E-state index contributed by atoms with van der Waals surface area (Å²) in [6, 6.07) is 8.12. The smallest absolute Gasteiger partial charge is 0.136 e. The van der Waals surface area contributed by atoms with Gasteiger partial charge in [0.25, 0.3) is 0 Å². The van der Waals surface area contributed by atoms with Gasteiger partial charge < -0.3 is 0 Å². The number of hydrogen-bond acceptors (Lipinski definition) is 3. The monoisotopic (exact) mass is 269 g/mol. The first-order chi connectivity index (χ1) is 9.31. The Morgan fingerprint density at radius 3 is 2.89 bits per heavy atom. The molecule has 3 rings (SSSR count). The van der Waals surface area contributed by atoms with Crippen molar-refractivity contribution in [3.8, 4) is 11.3 Å². The van der Waals surface area contributed by atoms with E-state index >= 15 is 0 Å². The maximum Gasteiger partial charge on any atom is 0.136 e. The molecule has 0 spiro atoms. The topological polar surface area (TPSA) is 38.7 Å². The molecule has 3 aromatic rings. The van der Waals surface area contributed by atoms with Crippen molar-refractivity contribution in [3.63, 3.8) is 0 Å². The largest absolute Gasteiger partial charge is 0.264 e. The number of halogens is 1. The van der Waals surface area contributed by atoms with Crippen molar-refractivity contribution >= 4 is 22.4 Å². The van der Waals surface area contributed by atoms with E-state index in [1.807, 2.05) is 24.4 Å². The number of nitrogens with zero attached hydrogens (tertiary/aromatic N) is 3. The van der Waals surface area contributed by atoms with E-state index in [9.17, 15) is 0 Å². The van der Waals surface area contributed by atoms with Gasteiger partial charge in [-0.2, -0.15) is 0 Å². The highest BCUT2D eigenvalue weighted by atomic mass is 35.5. The molecular formula is C15H12ClN3. The van der Waals surface area contributed by atoms with E-state index in [0.29, 0.717) is 5.15 Å². The Morgan fingerprint density at radius 2 is 2.05 bits per heavy atom. The van der Waals surface area contributed by atoms with Crippen LogP contribution in [0.15, 0.2) is 43.0 Å². The third kappa shape index (κ3) is 2.06. The van der Waals surface area contributed by atoms with Crippen LogP contribution in [0.1, 0.15) is 12.5 Å². The number of aromatic nitrogens is 3. The van der Waals surface area contributed by atoms with Gasteiger partial charge in [0.1, 0.15) is 11.5 Å². The Bertz CT molecular complexity index is 735. The molecule has 0 radical (unpaired) electrons. The summed E-state index contributed by atoms with van der Waals surface area (Å²) in [4.78, 5) is 12.7. The molecule has 1 aromatic carbocycles. The van der Waals surface area contributed by atoms with Crippen LogP contribution in [0, 0.1) is 0 Å². The van der Waals surface area contributed by atoms with Gasteiger partial charge in [-0.05, 0) is 17.9 Å². The zero-order chi connectivity index (χ0) is 13.2. The summed E-state index contributed by atoms with van der Waals surface area (Å²) in [5.41, 5.74) is 2.91. The van der Waals surface area contributed by atoms with Crippen LogP contribution < -0.4 is 0 Å². The molecule has 4 heteroatoms. The molecule has 0 fully saturated rings. The van der Waals surface area contributed by atoms with Gasteiger partial charge in [-0.1, -0.05) is 36.7 Å². The molecule has 0 saturated carbocycles. The first-order valence-corrected chi connectivity index (χ1v) is 6.51. The first-order valence-electron chi connectivity index (χ1n) is 6.13. The van der Waals surface area contributed by atoms with Gasteiger partial charge in [-0.25, -0.2) is 9.97 Å². The SMILES string of the molecule is CCc1c(Cl)ncnc1-c1cccc2ccncc12. The third-order valence-electron chi connectivity index (χ3n) is 3.19. The summed E-state index contributed by atoms with van der Waals surface area (Å²) in [7, 11) is 0. The molecule has 3 nitrogen and oxygen atoms in total. The highest BCUT2D eigenvalue weighted by molar-refractivity contribution is 6.30. The van der Waals surface area contributed by atoms with E-state index in [1.165, 1.54) is 6.33 Å². The molecule has 0 saturated heterocycles. The Labute approximate surface area is 116 Å². The highest BCUT2D eigenvalue weighted by Gasteiger charge is 2.12. The third-order valence-corrected chi connectivity index (χ3v) is 3.51. The van der Waals surface area contributed by atoms with E-state index in [-0.39, 0.29) is 0 Å². The normalized spacial score (nSPS) is 10.8. The lowest BCUT2D eigenvalue weighted by molar-refractivity contribution is 1.05. The highest BCUT2D eigenvalue weighted by Crippen LogP contribution is 2.31. The second-order valence-corrected chi connectivity index (χ2v) is 4.61. The lowest BCUT2D eigenvalue weighted by Gasteiger charge is -2.10. The van der Waals surface area contributed by atoms with Gasteiger partial charge in [-0.15, -0.1) is 0 Å². The van der Waals surface area contributed by atoms with E-state index in [1.54, 1.807) is 6.20 Å². The second-order valence-electron chi connectivity index (χ2n) is 4.25. The molecule has 0 atom stereocenters. The van der Waals surface area contributed by atoms with Gasteiger partial charge in [0.05, 0.1) is 5.69 Å². The summed E-state index contributed by atoms with van der Waals surface area (Å²) in [6.45, 7) is 2.05. The number of pyridine rings is 1. The predicted molar refractivity (Wildman–Crippen MR) is 77.2 cm³/mol. The Kier molecular flexibility index (Phi) is 3.13. The second kappa shape index (κ2) is 4.94. The lowest BCUT2D eigenvalue weighted by atomic mass is 10.0. The number of fused-ring (bicyclic) bond motifs is 1. The van der Waals surface area contributed by atoms with Gasteiger partial charge >= 0.3 is 0 Å². The fraction of sp³-hybridized carbons (Fsp3) is 0.133. The van der Waals surface area contributed by atoms with Crippen LogP contribution in [0.2, 0.25) is 5.15 Å². The minimum absolute atomic E-state index is 0.522. The summed E-state index contributed by atoms with van der Waals surface area (Å²) in [5.74, 6) is 0. The number of hydrogen-bond donors (Lipinski definition) is 0. The average Bonchev–Trinajstić information content (AvgIpc) is 2.46. The van der Waals surface area contributed by atoms with Crippen LogP contribution in [0.25, 0.3) is 22.0 Å². The Hall–Kier alpha value is -2.00. The molecular weight excluding hydrogens is 258 g/mol. The van der Waals surface area contributed by atoms with Gasteiger partial charge in [0, 0.05) is 28.9 Å². The van der Waals surface area contributed by atoms with Crippen molar-refractivity contribution in [1.29, 1.82) is 0 Å². The molecule has 0 N–H and O–H groups in total. The van der Waals surface area contributed by atoms with Crippen LogP contribution in [0.3, 0.4) is 0 Å². The molecule has 0 aliphatic rings. The average molecular weight is 270 g/mol. The first kappa shape index (κ1) is 12.1. The molecule has 0 bridgehead atoms. The summed E-state index contributed by atoms with van der Waals surface area (Å²) in [5, 5.41) is 2.74. The minimum Gasteiger partial charge on any atom is -0.264 e. The number of rotatable bonds is 2. The molecule has 0 aliphatic carbocycles. The molecule has 94 valence electrons. The maximum atomic E-state index is 6.16. The molecule has 2 heterocycles. The minimum atomic E-state index is 0.522. The zero-order valence-corrected chi connectivity index (χ0v) is 11.2. The molecule has 0 amide bonds. The van der Waals surface area contributed by atoms with E-state index in [2.05, 4.69) is 27.9 Å². The standard InChI is InChI=1S/C15H12ClN3/c1-2-11-14(18-9-19-15(11)16)12-5-3-4-10-6-7-17-8-13(10)12/h3-9H,2H2,1H3. The van der Waals surface area contributed by atoms with E-state index in [4.69, 9.17) is 11.6 Å². The summed E-state index contributed by atoms with van der Waals surface area (Å²) in [6.07, 6.45) is 5.96. The molecule has 0 aliphatic heterocycles. The fourth-order valence-electron chi connectivity index (χ4n) is 2.26. The van der Waals surface area contributed by atoms with Crippen LogP contribution in [-0.2, 0) is 6.42 Å². The van der Waals surface area contributed by atoms with Crippen molar-refractivity contribution in [2.45, 2.75) is 13.3 Å². The fourth-order valence-corrected chi connectivity index (χ4v) is 2.52. The van der Waals surface area contributed by atoms with E-state index in [0.717, 1.165) is 34.0 Å². The van der Waals surface area contributed by atoms with E-state index < -0.39 is 0 Å². The molecule has 19 heavy (non-hydrogen) atoms. The van der Waals surface area contributed by atoms with Gasteiger partial charge in [0.2, 0.25) is 0 Å². The Morgan fingerprint density at radius 1 is 1.16 bits per heavy atom. The van der Waals surface area contributed by atoms with Crippen molar-refractivity contribution in [3.05, 3.63) is 53.7 Å². The summed E-state index contributed by atoms with van der Waals surface area (Å²) < 4.78 is 0. The van der Waals surface area contributed by atoms with Gasteiger partial charge in [-0.3, -0.25) is 4.98 Å². The van der Waals surface area contributed by atoms with Gasteiger partial charge in [0.15, 0.2) is 0 Å². The zero-order valence-electron chi connectivity index (χ0n) is 10.5. The maximum absolute atomic E-state index is 6.16. The van der Waals surface area contributed by atoms with Crippen LogP contribution in [0.4, 0.5) is 0 Å². The van der Waals surface area contributed by atoms with Crippen LogP contribution in [0.5, 0.6) is 0 Å². The van der Waals surface area contributed by atoms with Crippen LogP contribution in [-0.4, -0.2) is 15.0 Å². The quantitative estimate of drug-likeness (QED) is 0.662. The van der Waals surface area contributed by atoms with Crippen molar-refractivity contribution in [2.75, 3.05) is 0 Å². The van der Waals surface area contributed by atoms with Crippen molar-refractivity contribution < 1.29 is 0 Å². The molecule has 2 aromatic heterocycles. The van der Waals surface area contributed by atoms with Crippen molar-refractivity contribution in [1.82, 2.24) is 15.0 Å². The molecule has 0 unspecified atom stereocenters. The van der Waals surface area contributed by atoms with Crippen molar-refractivity contribution in [2.24, 2.45) is 0 Å².